The van der Waals surface area contributed by atoms with Crippen molar-refractivity contribution in [2.45, 2.75) is 13.8 Å². The molecule has 0 fully saturated rings. The fraction of sp³-hybridized carbons (Fsp3) is 0.0800. The largest absolute Gasteiger partial charge is 0.317 e. The van der Waals surface area contributed by atoms with Crippen molar-refractivity contribution in [1.29, 1.82) is 0 Å². The van der Waals surface area contributed by atoms with Crippen LogP contribution < -0.4 is 0 Å². The summed E-state index contributed by atoms with van der Waals surface area (Å²) in [6.45, 7) is 8.37. The van der Waals surface area contributed by atoms with Crippen LogP contribution in [0.4, 0.5) is 0 Å². The lowest BCUT2D eigenvalue weighted by Crippen LogP contribution is -2.17. The molecule has 0 aliphatic carbocycles. The molecule has 3 aromatic rings. The van der Waals surface area contributed by atoms with Gasteiger partial charge in [-0.2, -0.15) is 5.10 Å². The Balaban J connectivity index is 1.74. The van der Waals surface area contributed by atoms with Crippen LogP contribution >= 0.6 is 0 Å². The van der Waals surface area contributed by atoms with Gasteiger partial charge in [-0.1, -0.05) is 60.7 Å². The number of hydrogen-bond donors (Lipinski definition) is 0. The molecule has 0 saturated carbocycles. The highest BCUT2D eigenvalue weighted by Crippen LogP contribution is 2.31. The van der Waals surface area contributed by atoms with Crippen LogP contribution in [0.2, 0.25) is 0 Å². The Kier molecular flexibility index (Phi) is 4.81. The van der Waals surface area contributed by atoms with Crippen molar-refractivity contribution in [1.82, 2.24) is 14.7 Å². The van der Waals surface area contributed by atoms with E-state index in [-0.39, 0.29) is 0 Å². The van der Waals surface area contributed by atoms with Crippen LogP contribution in [0.5, 0.6) is 0 Å². The van der Waals surface area contributed by atoms with E-state index in [9.17, 15) is 0 Å². The van der Waals surface area contributed by atoms with Crippen LogP contribution in [0, 0.1) is 6.92 Å². The van der Waals surface area contributed by atoms with E-state index in [2.05, 4.69) is 97.3 Å². The zero-order chi connectivity index (χ0) is 19.5. The number of hydrogen-bond acceptors (Lipinski definition) is 2. The zero-order valence-electron chi connectivity index (χ0n) is 16.2. The second-order valence-corrected chi connectivity index (χ2v) is 6.78. The Labute approximate surface area is 166 Å². The van der Waals surface area contributed by atoms with E-state index in [4.69, 9.17) is 0 Å². The van der Waals surface area contributed by atoms with Gasteiger partial charge in [0.2, 0.25) is 0 Å². The molecule has 0 unspecified atom stereocenters. The fourth-order valence-electron chi connectivity index (χ4n) is 3.37. The van der Waals surface area contributed by atoms with Gasteiger partial charge in [0.05, 0.1) is 17.6 Å². The van der Waals surface area contributed by atoms with Crippen LogP contribution in [0.1, 0.15) is 23.7 Å². The van der Waals surface area contributed by atoms with Crippen molar-refractivity contribution in [3.63, 3.8) is 0 Å². The van der Waals surface area contributed by atoms with Gasteiger partial charge in [0, 0.05) is 23.2 Å². The highest BCUT2D eigenvalue weighted by atomic mass is 15.3. The normalized spacial score (nSPS) is 14.4. The summed E-state index contributed by atoms with van der Waals surface area (Å²) in [6.07, 6.45) is 10.2. The summed E-state index contributed by atoms with van der Waals surface area (Å²) in [5.41, 5.74) is 7.60. The van der Waals surface area contributed by atoms with Crippen molar-refractivity contribution in [2.24, 2.45) is 0 Å². The molecule has 0 amide bonds. The molecule has 0 saturated heterocycles. The lowest BCUT2D eigenvalue weighted by molar-refractivity contribution is 0.678. The van der Waals surface area contributed by atoms with Crippen LogP contribution in [0.25, 0.3) is 17.0 Å². The van der Waals surface area contributed by atoms with Crippen molar-refractivity contribution in [3.8, 4) is 5.69 Å². The van der Waals surface area contributed by atoms with Gasteiger partial charge in [-0.3, -0.25) is 0 Å². The topological polar surface area (TPSA) is 21.1 Å². The second kappa shape index (κ2) is 7.57. The van der Waals surface area contributed by atoms with Gasteiger partial charge in [0.15, 0.2) is 0 Å². The summed E-state index contributed by atoms with van der Waals surface area (Å²) < 4.78 is 1.97. The van der Waals surface area contributed by atoms with Crippen LogP contribution in [0.3, 0.4) is 0 Å². The molecule has 3 heteroatoms. The molecule has 0 bridgehead atoms. The SMILES string of the molecule is C=C1C=CC(c2ccnn2-c2ccc(C)cc2)=CN1/C(=C\C)c1ccccc1. The Morgan fingerprint density at radius 2 is 1.71 bits per heavy atom. The van der Waals surface area contributed by atoms with Gasteiger partial charge in [0.1, 0.15) is 0 Å². The Morgan fingerprint density at radius 3 is 2.43 bits per heavy atom. The number of benzene rings is 2. The van der Waals surface area contributed by atoms with Gasteiger partial charge in [-0.05, 0) is 49.8 Å². The van der Waals surface area contributed by atoms with E-state index in [1.54, 1.807) is 0 Å². The minimum atomic E-state index is 0.933. The summed E-state index contributed by atoms with van der Waals surface area (Å²) in [4.78, 5) is 2.14. The molecule has 0 spiro atoms. The smallest absolute Gasteiger partial charge is 0.0755 e. The van der Waals surface area contributed by atoms with Crippen LogP contribution in [-0.2, 0) is 0 Å². The van der Waals surface area contributed by atoms with E-state index in [0.717, 1.165) is 33.9 Å². The first-order chi connectivity index (χ1) is 13.7. The standard InChI is InChI=1S/C25H23N3/c1-4-24(21-8-6-5-7-9-21)27-18-22(13-12-20(27)3)25-16-17-26-28(25)23-14-10-19(2)11-15-23/h4-18H,3H2,1-2H3/b24-4-. The summed E-state index contributed by atoms with van der Waals surface area (Å²) in [5, 5.41) is 4.54. The van der Waals surface area contributed by atoms with Crippen molar-refractivity contribution < 1.29 is 0 Å². The van der Waals surface area contributed by atoms with Gasteiger partial charge in [0.25, 0.3) is 0 Å². The first-order valence-corrected chi connectivity index (χ1v) is 9.38. The minimum absolute atomic E-state index is 0.933. The molecule has 0 atom stereocenters. The van der Waals surface area contributed by atoms with E-state index in [1.807, 2.05) is 29.1 Å². The van der Waals surface area contributed by atoms with Crippen LogP contribution in [-0.4, -0.2) is 14.7 Å². The van der Waals surface area contributed by atoms with Crippen LogP contribution in [0.15, 0.2) is 104 Å². The number of nitrogens with zero attached hydrogens (tertiary/aromatic N) is 3. The lowest BCUT2D eigenvalue weighted by Gasteiger charge is -2.28. The molecular formula is C25H23N3. The summed E-state index contributed by atoms with van der Waals surface area (Å²) in [7, 11) is 0. The summed E-state index contributed by atoms with van der Waals surface area (Å²) >= 11 is 0. The maximum absolute atomic E-state index is 4.54. The average Bonchev–Trinajstić information content (AvgIpc) is 3.21. The van der Waals surface area contributed by atoms with E-state index in [1.165, 1.54) is 5.56 Å². The van der Waals surface area contributed by atoms with E-state index < -0.39 is 0 Å². The first-order valence-electron chi connectivity index (χ1n) is 9.38. The molecule has 0 N–H and O–H groups in total. The maximum Gasteiger partial charge on any atom is 0.0755 e. The monoisotopic (exact) mass is 365 g/mol. The van der Waals surface area contributed by atoms with E-state index in [0.29, 0.717) is 0 Å². The second-order valence-electron chi connectivity index (χ2n) is 6.78. The molecule has 1 aliphatic rings. The number of rotatable bonds is 4. The minimum Gasteiger partial charge on any atom is -0.317 e. The Bertz CT molecular complexity index is 1080. The summed E-state index contributed by atoms with van der Waals surface area (Å²) in [6, 6.07) is 20.8. The molecule has 2 heterocycles. The number of aromatic nitrogens is 2. The molecule has 2 aromatic carbocycles. The number of allylic oxidation sites excluding steroid dienone is 4. The molecule has 28 heavy (non-hydrogen) atoms. The third-order valence-corrected chi connectivity index (χ3v) is 4.85. The highest BCUT2D eigenvalue weighted by Gasteiger charge is 2.18. The predicted octanol–water partition coefficient (Wildman–Crippen LogP) is 5.97. The number of aryl methyl sites for hydroxylation is 1. The third kappa shape index (κ3) is 3.35. The Hall–Kier alpha value is -3.59. The van der Waals surface area contributed by atoms with Gasteiger partial charge in [-0.15, -0.1) is 0 Å². The van der Waals surface area contributed by atoms with Crippen molar-refractivity contribution in [2.75, 3.05) is 0 Å². The van der Waals surface area contributed by atoms with Crippen molar-refractivity contribution >= 4 is 11.3 Å². The molecule has 4 rings (SSSR count). The molecule has 138 valence electrons. The van der Waals surface area contributed by atoms with Gasteiger partial charge in [-0.25, -0.2) is 4.68 Å². The van der Waals surface area contributed by atoms with Gasteiger partial charge < -0.3 is 4.90 Å². The molecule has 3 nitrogen and oxygen atoms in total. The molecule has 1 aromatic heterocycles. The fourth-order valence-corrected chi connectivity index (χ4v) is 3.37. The first kappa shape index (κ1) is 17.8. The molecule has 1 aliphatic heterocycles. The lowest BCUT2D eigenvalue weighted by atomic mass is 10.1. The quantitative estimate of drug-likeness (QED) is 0.568. The van der Waals surface area contributed by atoms with Crippen molar-refractivity contribution in [3.05, 3.63) is 120 Å². The summed E-state index contributed by atoms with van der Waals surface area (Å²) in [5.74, 6) is 0. The highest BCUT2D eigenvalue weighted by molar-refractivity contribution is 5.79. The third-order valence-electron chi connectivity index (χ3n) is 4.85. The van der Waals surface area contributed by atoms with Gasteiger partial charge >= 0.3 is 0 Å². The maximum atomic E-state index is 4.54. The zero-order valence-corrected chi connectivity index (χ0v) is 16.2. The predicted molar refractivity (Wildman–Crippen MR) is 116 cm³/mol. The average molecular weight is 365 g/mol. The Morgan fingerprint density at radius 1 is 0.964 bits per heavy atom. The molecular weight excluding hydrogens is 342 g/mol. The molecule has 0 radical (unpaired) electrons. The van der Waals surface area contributed by atoms with E-state index >= 15 is 0 Å².